The summed E-state index contributed by atoms with van der Waals surface area (Å²) in [5.74, 6) is -0.863. The van der Waals surface area contributed by atoms with Crippen LogP contribution in [-0.4, -0.2) is 37.2 Å². The van der Waals surface area contributed by atoms with Gasteiger partial charge in [-0.25, -0.2) is 0 Å². The molecule has 0 aliphatic rings. The van der Waals surface area contributed by atoms with Crippen LogP contribution in [0, 0.1) is 0 Å². The van der Waals surface area contributed by atoms with Gasteiger partial charge in [0.05, 0.1) is 0 Å². The smallest absolute Gasteiger partial charge is 0.306 e. The zero-order valence-electron chi connectivity index (χ0n) is 55.5. The molecular weight excluding hydrogens is 1020 g/mol. The highest BCUT2D eigenvalue weighted by molar-refractivity contribution is 5.71. The molecule has 482 valence electrons. The Balaban J connectivity index is 4.14. The van der Waals surface area contributed by atoms with E-state index in [0.29, 0.717) is 19.3 Å². The van der Waals surface area contributed by atoms with Crippen molar-refractivity contribution in [2.45, 2.75) is 386 Å². The molecule has 0 aliphatic heterocycles. The molecular formula is C77H138O6. The average Bonchev–Trinajstić information content (AvgIpc) is 3.49. The molecule has 83 heavy (non-hydrogen) atoms. The van der Waals surface area contributed by atoms with Gasteiger partial charge in [-0.3, -0.25) is 14.4 Å². The van der Waals surface area contributed by atoms with Crippen molar-refractivity contribution in [2.24, 2.45) is 0 Å². The van der Waals surface area contributed by atoms with Crippen molar-refractivity contribution in [3.05, 3.63) is 72.9 Å². The topological polar surface area (TPSA) is 78.9 Å². The third kappa shape index (κ3) is 69.5. The van der Waals surface area contributed by atoms with Gasteiger partial charge >= 0.3 is 17.9 Å². The Kier molecular flexibility index (Phi) is 68.6. The lowest BCUT2D eigenvalue weighted by atomic mass is 10.0. The summed E-state index contributed by atoms with van der Waals surface area (Å²) in [5.41, 5.74) is 0. The van der Waals surface area contributed by atoms with Gasteiger partial charge in [0.2, 0.25) is 0 Å². The molecule has 0 amide bonds. The molecule has 0 saturated heterocycles. The first kappa shape index (κ1) is 79.8. The van der Waals surface area contributed by atoms with E-state index in [2.05, 4.69) is 93.7 Å². The maximum absolute atomic E-state index is 12.9. The number of carbonyl (C=O) groups is 3. The quantitative estimate of drug-likeness (QED) is 0.0261. The van der Waals surface area contributed by atoms with Crippen molar-refractivity contribution in [1.29, 1.82) is 0 Å². The number of carbonyl (C=O) groups excluding carboxylic acids is 3. The van der Waals surface area contributed by atoms with Crippen LogP contribution in [0.2, 0.25) is 0 Å². The fourth-order valence-electron chi connectivity index (χ4n) is 10.8. The van der Waals surface area contributed by atoms with Gasteiger partial charge in [0, 0.05) is 19.3 Å². The minimum Gasteiger partial charge on any atom is -0.462 e. The highest BCUT2D eigenvalue weighted by Crippen LogP contribution is 2.19. The number of hydrogen-bond donors (Lipinski definition) is 0. The van der Waals surface area contributed by atoms with Gasteiger partial charge in [-0.05, 0) is 83.5 Å². The van der Waals surface area contributed by atoms with Crippen molar-refractivity contribution in [1.82, 2.24) is 0 Å². The highest BCUT2D eigenvalue weighted by atomic mass is 16.6. The van der Waals surface area contributed by atoms with E-state index in [1.165, 1.54) is 231 Å². The van der Waals surface area contributed by atoms with E-state index in [9.17, 15) is 14.4 Å². The van der Waals surface area contributed by atoms with Crippen LogP contribution in [0.15, 0.2) is 72.9 Å². The molecule has 0 fully saturated rings. The third-order valence-electron chi connectivity index (χ3n) is 16.2. The van der Waals surface area contributed by atoms with Crippen molar-refractivity contribution >= 4 is 17.9 Å². The minimum absolute atomic E-state index is 0.0736. The number of unbranched alkanes of at least 4 members (excludes halogenated alkanes) is 44. The SMILES string of the molecule is CC/C=C\C/C=C\C/C=C\C/C=C\CCCCCCCCCCCCCCCCCCCCCCC(=O)OCC(COC(=O)CCCCCCC/C=C\C/C=C\CCC)OC(=O)CCCCCCCCCCCCCCCCCCCCC. The Morgan fingerprint density at radius 2 is 0.494 bits per heavy atom. The first-order valence-electron chi connectivity index (χ1n) is 36.4. The second kappa shape index (κ2) is 71.3. The van der Waals surface area contributed by atoms with Gasteiger partial charge in [-0.15, -0.1) is 0 Å². The minimum atomic E-state index is -0.778. The second-order valence-electron chi connectivity index (χ2n) is 24.5. The van der Waals surface area contributed by atoms with Gasteiger partial charge in [0.15, 0.2) is 6.10 Å². The molecule has 0 aromatic heterocycles. The molecule has 1 atom stereocenters. The first-order valence-corrected chi connectivity index (χ1v) is 36.4. The van der Waals surface area contributed by atoms with Crippen LogP contribution >= 0.6 is 0 Å². The molecule has 0 saturated carbocycles. The monoisotopic (exact) mass is 1160 g/mol. The Hall–Kier alpha value is -3.15. The zero-order valence-corrected chi connectivity index (χ0v) is 55.5. The summed E-state index contributed by atoms with van der Waals surface area (Å²) in [4.78, 5) is 38.4. The van der Waals surface area contributed by atoms with Crippen LogP contribution in [0.25, 0.3) is 0 Å². The maximum atomic E-state index is 12.9. The Labute approximate surface area is 516 Å². The molecule has 0 rings (SSSR count). The molecule has 6 heteroatoms. The molecule has 0 N–H and O–H groups in total. The molecule has 0 radical (unpaired) electrons. The lowest BCUT2D eigenvalue weighted by Gasteiger charge is -2.18. The maximum Gasteiger partial charge on any atom is 0.306 e. The standard InChI is InChI=1S/C77H138O6/c1-4-7-10-13-16-19-22-25-27-29-31-32-33-34-35-36-37-38-39-40-41-42-43-44-46-47-49-52-55-58-61-64-67-70-76(79)82-73-74(72-81-75(78)69-66-63-60-57-54-51-24-21-18-15-12-9-6-3)83-77(80)71-68-65-62-59-56-53-50-48-45-30-28-26-23-20-17-14-11-8-5-2/h7,10,12,15-16,19,21,24-25,27,31-32,74H,4-6,8-9,11,13-14,17-18,20,22-23,26,28-30,33-73H2,1-3H3/b10-7-,15-12-,19-16-,24-21-,27-25-,32-31-. The van der Waals surface area contributed by atoms with Gasteiger partial charge in [-0.2, -0.15) is 0 Å². The second-order valence-corrected chi connectivity index (χ2v) is 24.5. The third-order valence-corrected chi connectivity index (χ3v) is 16.2. The van der Waals surface area contributed by atoms with E-state index >= 15 is 0 Å². The lowest BCUT2D eigenvalue weighted by Crippen LogP contribution is -2.30. The molecule has 0 aromatic rings. The predicted molar refractivity (Wildman–Crippen MR) is 362 cm³/mol. The van der Waals surface area contributed by atoms with Crippen LogP contribution in [0.1, 0.15) is 380 Å². The normalized spacial score (nSPS) is 12.5. The number of rotatable bonds is 67. The van der Waals surface area contributed by atoms with Crippen LogP contribution in [0.4, 0.5) is 0 Å². The van der Waals surface area contributed by atoms with E-state index in [4.69, 9.17) is 14.2 Å². The van der Waals surface area contributed by atoms with E-state index in [0.717, 1.165) is 109 Å². The fourth-order valence-corrected chi connectivity index (χ4v) is 10.8. The van der Waals surface area contributed by atoms with Crippen LogP contribution < -0.4 is 0 Å². The van der Waals surface area contributed by atoms with Crippen molar-refractivity contribution in [2.75, 3.05) is 13.2 Å². The Morgan fingerprint density at radius 1 is 0.253 bits per heavy atom. The molecule has 0 spiro atoms. The Bertz CT molecular complexity index is 1520. The van der Waals surface area contributed by atoms with E-state index < -0.39 is 6.10 Å². The summed E-state index contributed by atoms with van der Waals surface area (Å²) in [6, 6.07) is 0. The zero-order chi connectivity index (χ0) is 59.9. The van der Waals surface area contributed by atoms with E-state index in [-0.39, 0.29) is 31.1 Å². The number of hydrogen-bond acceptors (Lipinski definition) is 6. The van der Waals surface area contributed by atoms with Crippen molar-refractivity contribution in [3.63, 3.8) is 0 Å². The predicted octanol–water partition coefficient (Wildman–Crippen LogP) is 25.2. The van der Waals surface area contributed by atoms with E-state index in [1.54, 1.807) is 0 Å². The largest absolute Gasteiger partial charge is 0.462 e. The van der Waals surface area contributed by atoms with Gasteiger partial charge < -0.3 is 14.2 Å². The summed E-state index contributed by atoms with van der Waals surface area (Å²) in [7, 11) is 0. The van der Waals surface area contributed by atoms with Crippen molar-refractivity contribution in [3.8, 4) is 0 Å². The summed E-state index contributed by atoms with van der Waals surface area (Å²) < 4.78 is 17.0. The first-order chi connectivity index (χ1) is 41.0. The van der Waals surface area contributed by atoms with Crippen LogP contribution in [0.3, 0.4) is 0 Å². The summed E-state index contributed by atoms with van der Waals surface area (Å²) in [6.45, 7) is 6.51. The van der Waals surface area contributed by atoms with Crippen LogP contribution in [-0.2, 0) is 28.6 Å². The molecule has 0 heterocycles. The number of ether oxygens (including phenoxy) is 3. The summed E-state index contributed by atoms with van der Waals surface area (Å²) >= 11 is 0. The van der Waals surface area contributed by atoms with Gasteiger partial charge in [0.1, 0.15) is 13.2 Å². The van der Waals surface area contributed by atoms with Gasteiger partial charge in [-0.1, -0.05) is 351 Å². The molecule has 6 nitrogen and oxygen atoms in total. The summed E-state index contributed by atoms with van der Waals surface area (Å²) in [6.07, 6.45) is 93.8. The Morgan fingerprint density at radius 3 is 0.783 bits per heavy atom. The number of allylic oxidation sites excluding steroid dienone is 12. The summed E-state index contributed by atoms with van der Waals surface area (Å²) in [5, 5.41) is 0. The number of esters is 3. The average molecular weight is 1160 g/mol. The lowest BCUT2D eigenvalue weighted by molar-refractivity contribution is -0.167. The molecule has 0 bridgehead atoms. The van der Waals surface area contributed by atoms with Gasteiger partial charge in [0.25, 0.3) is 0 Å². The molecule has 0 aliphatic carbocycles. The molecule has 1 unspecified atom stereocenters. The molecule has 0 aromatic carbocycles. The van der Waals surface area contributed by atoms with Crippen LogP contribution in [0.5, 0.6) is 0 Å². The van der Waals surface area contributed by atoms with E-state index in [1.807, 2.05) is 0 Å². The highest BCUT2D eigenvalue weighted by Gasteiger charge is 2.19. The fraction of sp³-hybridized carbons (Fsp3) is 0.805. The van der Waals surface area contributed by atoms with Crippen molar-refractivity contribution < 1.29 is 28.6 Å².